The van der Waals surface area contributed by atoms with Gasteiger partial charge in [-0.3, -0.25) is 9.67 Å². The Bertz CT molecular complexity index is 639. The molecular weight excluding hydrogens is 419 g/mol. The largest absolute Gasteiger partial charge is 0.368 e. The molecule has 0 aliphatic heterocycles. The van der Waals surface area contributed by atoms with E-state index in [-0.39, 0.29) is 24.0 Å². The van der Waals surface area contributed by atoms with Crippen molar-refractivity contribution in [3.63, 3.8) is 0 Å². The van der Waals surface area contributed by atoms with Gasteiger partial charge in [-0.1, -0.05) is 13.3 Å². The van der Waals surface area contributed by atoms with Gasteiger partial charge in [-0.2, -0.15) is 5.10 Å². The fourth-order valence-electron chi connectivity index (χ4n) is 2.16. The number of nitrogens with zero attached hydrogens (tertiary/aromatic N) is 5. The van der Waals surface area contributed by atoms with Gasteiger partial charge in [0.1, 0.15) is 12.1 Å². The lowest BCUT2D eigenvalue weighted by atomic mass is 10.3. The fourth-order valence-corrected chi connectivity index (χ4v) is 2.16. The third-order valence-corrected chi connectivity index (χ3v) is 3.37. The van der Waals surface area contributed by atoms with Crippen LogP contribution in [0.5, 0.6) is 0 Å². The molecule has 0 bridgehead atoms. The zero-order valence-corrected chi connectivity index (χ0v) is 16.9. The standard InChI is InChI=1S/C15H26N8.HI/c1-4-6-7-18-15(16-5-2)19-9-8-17-13-12-10-22-23(3)14(12)21-11-20-13;/h10-11H,4-9H2,1-3H3,(H2,16,18,19)(H,17,20,21);1H. The lowest BCUT2D eigenvalue weighted by molar-refractivity contribution is 0.774. The second-order valence-electron chi connectivity index (χ2n) is 5.20. The highest BCUT2D eigenvalue weighted by Crippen LogP contribution is 2.16. The lowest BCUT2D eigenvalue weighted by Crippen LogP contribution is -2.39. The molecule has 0 spiro atoms. The number of guanidine groups is 1. The molecule has 0 aliphatic rings. The van der Waals surface area contributed by atoms with Crippen molar-refractivity contribution >= 4 is 46.8 Å². The van der Waals surface area contributed by atoms with Gasteiger partial charge in [-0.25, -0.2) is 9.97 Å². The van der Waals surface area contributed by atoms with E-state index >= 15 is 0 Å². The van der Waals surface area contributed by atoms with Crippen molar-refractivity contribution in [2.45, 2.75) is 26.7 Å². The fraction of sp³-hybridized carbons (Fsp3) is 0.600. The zero-order valence-electron chi connectivity index (χ0n) is 14.5. The van der Waals surface area contributed by atoms with Crippen LogP contribution in [0.1, 0.15) is 26.7 Å². The summed E-state index contributed by atoms with van der Waals surface area (Å²) >= 11 is 0. The van der Waals surface area contributed by atoms with Crippen LogP contribution in [0.25, 0.3) is 11.0 Å². The Morgan fingerprint density at radius 3 is 2.79 bits per heavy atom. The molecule has 0 amide bonds. The molecule has 0 saturated heterocycles. The van der Waals surface area contributed by atoms with E-state index in [0.29, 0.717) is 0 Å². The lowest BCUT2D eigenvalue weighted by Gasteiger charge is -2.12. The Balaban J connectivity index is 0.00000288. The molecule has 0 saturated carbocycles. The highest BCUT2D eigenvalue weighted by atomic mass is 127. The average Bonchev–Trinajstić information content (AvgIpc) is 2.94. The molecule has 24 heavy (non-hydrogen) atoms. The Morgan fingerprint density at radius 2 is 2.04 bits per heavy atom. The maximum atomic E-state index is 4.53. The summed E-state index contributed by atoms with van der Waals surface area (Å²) in [4.78, 5) is 13.0. The monoisotopic (exact) mass is 446 g/mol. The second-order valence-corrected chi connectivity index (χ2v) is 5.20. The number of hydrogen-bond acceptors (Lipinski definition) is 5. The molecule has 0 radical (unpaired) electrons. The van der Waals surface area contributed by atoms with Crippen molar-refractivity contribution in [1.29, 1.82) is 0 Å². The SMILES string of the molecule is CCCCN=C(NCC)NCCNc1ncnc2c1cnn2C.I. The Hall–Kier alpha value is -1.65. The van der Waals surface area contributed by atoms with Crippen molar-refractivity contribution < 1.29 is 0 Å². The summed E-state index contributed by atoms with van der Waals surface area (Å²) in [6, 6.07) is 0. The molecule has 8 nitrogen and oxygen atoms in total. The van der Waals surface area contributed by atoms with Gasteiger partial charge in [-0.05, 0) is 13.3 Å². The molecule has 3 N–H and O–H groups in total. The van der Waals surface area contributed by atoms with Gasteiger partial charge in [0, 0.05) is 33.2 Å². The predicted octanol–water partition coefficient (Wildman–Crippen LogP) is 1.75. The summed E-state index contributed by atoms with van der Waals surface area (Å²) in [5.41, 5.74) is 0.824. The minimum Gasteiger partial charge on any atom is -0.368 e. The quantitative estimate of drug-likeness (QED) is 0.248. The van der Waals surface area contributed by atoms with Crippen LogP contribution in [-0.4, -0.2) is 51.9 Å². The number of nitrogens with one attached hydrogen (secondary N) is 3. The summed E-state index contributed by atoms with van der Waals surface area (Å²) in [7, 11) is 1.87. The number of aryl methyl sites for hydroxylation is 1. The number of anilines is 1. The second kappa shape index (κ2) is 11.0. The smallest absolute Gasteiger partial charge is 0.191 e. The molecule has 2 aromatic rings. The van der Waals surface area contributed by atoms with Crippen LogP contribution >= 0.6 is 24.0 Å². The number of aliphatic imine (C=N–C) groups is 1. The molecule has 2 aromatic heterocycles. The maximum Gasteiger partial charge on any atom is 0.191 e. The van der Waals surface area contributed by atoms with Gasteiger partial charge in [-0.15, -0.1) is 24.0 Å². The summed E-state index contributed by atoms with van der Waals surface area (Å²) in [6.45, 7) is 7.42. The minimum atomic E-state index is 0. The maximum absolute atomic E-state index is 4.53. The zero-order chi connectivity index (χ0) is 16.5. The molecular formula is C15H27IN8. The van der Waals surface area contributed by atoms with Gasteiger partial charge in [0.2, 0.25) is 0 Å². The van der Waals surface area contributed by atoms with Crippen molar-refractivity contribution in [2.75, 3.05) is 31.5 Å². The number of hydrogen-bond donors (Lipinski definition) is 3. The molecule has 0 fully saturated rings. The molecule has 2 heterocycles. The van der Waals surface area contributed by atoms with E-state index in [4.69, 9.17) is 0 Å². The van der Waals surface area contributed by atoms with Gasteiger partial charge in [0.25, 0.3) is 0 Å². The van der Waals surface area contributed by atoms with E-state index in [1.165, 1.54) is 0 Å². The first-order valence-corrected chi connectivity index (χ1v) is 8.15. The van der Waals surface area contributed by atoms with Crippen molar-refractivity contribution in [2.24, 2.45) is 12.0 Å². The molecule has 2 rings (SSSR count). The van der Waals surface area contributed by atoms with E-state index in [2.05, 4.69) is 49.9 Å². The predicted molar refractivity (Wildman–Crippen MR) is 109 cm³/mol. The number of halogens is 1. The van der Waals surface area contributed by atoms with Crippen LogP contribution in [0.3, 0.4) is 0 Å². The van der Waals surface area contributed by atoms with Crippen LogP contribution in [0.15, 0.2) is 17.5 Å². The van der Waals surface area contributed by atoms with Crippen LogP contribution in [0.2, 0.25) is 0 Å². The molecule has 0 unspecified atom stereocenters. The van der Waals surface area contributed by atoms with Crippen molar-refractivity contribution in [1.82, 2.24) is 30.4 Å². The number of fused-ring (bicyclic) bond motifs is 1. The van der Waals surface area contributed by atoms with E-state index < -0.39 is 0 Å². The highest BCUT2D eigenvalue weighted by molar-refractivity contribution is 14.0. The van der Waals surface area contributed by atoms with E-state index in [1.54, 1.807) is 17.2 Å². The topological polar surface area (TPSA) is 92.1 Å². The summed E-state index contributed by atoms with van der Waals surface area (Å²) in [5, 5.41) is 15.0. The Kier molecular flexibility index (Phi) is 9.35. The van der Waals surface area contributed by atoms with Crippen molar-refractivity contribution in [3.05, 3.63) is 12.5 Å². The van der Waals surface area contributed by atoms with Crippen LogP contribution in [-0.2, 0) is 7.05 Å². The third kappa shape index (κ3) is 5.77. The first kappa shape index (κ1) is 20.4. The number of unbranched alkanes of at least 4 members (excludes halogenated alkanes) is 1. The Morgan fingerprint density at radius 1 is 1.21 bits per heavy atom. The number of aromatic nitrogens is 4. The first-order chi connectivity index (χ1) is 11.3. The molecule has 0 aromatic carbocycles. The van der Waals surface area contributed by atoms with E-state index in [0.717, 1.165) is 61.8 Å². The van der Waals surface area contributed by atoms with Gasteiger partial charge in [0.05, 0.1) is 11.6 Å². The Labute approximate surface area is 159 Å². The normalized spacial score (nSPS) is 11.2. The first-order valence-electron chi connectivity index (χ1n) is 8.15. The van der Waals surface area contributed by atoms with E-state index in [9.17, 15) is 0 Å². The molecule has 9 heteroatoms. The summed E-state index contributed by atoms with van der Waals surface area (Å²) in [6.07, 6.45) is 5.59. The van der Waals surface area contributed by atoms with Gasteiger partial charge in [0.15, 0.2) is 11.6 Å². The average molecular weight is 446 g/mol. The molecule has 134 valence electrons. The van der Waals surface area contributed by atoms with Crippen LogP contribution < -0.4 is 16.0 Å². The van der Waals surface area contributed by atoms with Gasteiger partial charge >= 0.3 is 0 Å². The molecule has 0 atom stereocenters. The van der Waals surface area contributed by atoms with E-state index in [1.807, 2.05) is 7.05 Å². The van der Waals surface area contributed by atoms with Crippen LogP contribution in [0, 0.1) is 0 Å². The third-order valence-electron chi connectivity index (χ3n) is 3.37. The minimum absolute atomic E-state index is 0. The summed E-state index contributed by atoms with van der Waals surface area (Å²) in [5.74, 6) is 1.66. The van der Waals surface area contributed by atoms with Crippen molar-refractivity contribution in [3.8, 4) is 0 Å². The number of rotatable bonds is 8. The summed E-state index contributed by atoms with van der Waals surface area (Å²) < 4.78 is 1.74. The molecule has 0 aliphatic carbocycles. The highest BCUT2D eigenvalue weighted by Gasteiger charge is 2.06. The van der Waals surface area contributed by atoms with Crippen LogP contribution in [0.4, 0.5) is 5.82 Å². The van der Waals surface area contributed by atoms with Gasteiger partial charge < -0.3 is 16.0 Å².